The van der Waals surface area contributed by atoms with Crippen molar-refractivity contribution in [2.24, 2.45) is 0 Å². The van der Waals surface area contributed by atoms with Crippen LogP contribution in [0.3, 0.4) is 0 Å². The third-order valence-electron chi connectivity index (χ3n) is 1.48. The highest BCUT2D eigenvalue weighted by Crippen LogP contribution is 2.08. The van der Waals surface area contributed by atoms with Crippen molar-refractivity contribution in [1.29, 1.82) is 0 Å². The maximum Gasteiger partial charge on any atom is 0.381 e. The van der Waals surface area contributed by atoms with Gasteiger partial charge in [-0.1, -0.05) is 17.7 Å². The normalized spacial score (nSPS) is 11.6. The molecule has 0 bridgehead atoms. The van der Waals surface area contributed by atoms with Gasteiger partial charge in [0.05, 0.1) is 4.90 Å². The Morgan fingerprint density at radius 3 is 1.82 bits per heavy atom. The third-order valence-corrected chi connectivity index (χ3v) is 2.35. The Balaban J connectivity index is 0.000000366. The number of halogens is 3. The summed E-state index contributed by atoms with van der Waals surface area (Å²) in [5.41, 5.74) is 0.956. The van der Waals surface area contributed by atoms with E-state index in [1.54, 1.807) is 12.1 Å². The molecule has 0 saturated heterocycles. The number of aliphatic hydroxyl groups is 1. The van der Waals surface area contributed by atoms with Crippen LogP contribution in [0.5, 0.6) is 0 Å². The highest BCUT2D eigenvalue weighted by molar-refractivity contribution is 7.85. The van der Waals surface area contributed by atoms with Crippen LogP contribution in [0.25, 0.3) is 0 Å². The highest BCUT2D eigenvalue weighted by Gasteiger charge is 2.22. The first-order valence-corrected chi connectivity index (χ1v) is 5.70. The molecule has 1 aromatic carbocycles. The van der Waals surface area contributed by atoms with E-state index < -0.39 is 22.9 Å². The molecular weight excluding hydrogens is 261 g/mol. The minimum Gasteiger partial charge on any atom is -0.334 e. The number of rotatable bonds is 2. The van der Waals surface area contributed by atoms with Gasteiger partial charge in [0.2, 0.25) is 0 Å². The Kier molecular flexibility index (Phi) is 5.59. The molecule has 0 spiro atoms. The van der Waals surface area contributed by atoms with Crippen LogP contribution < -0.4 is 0 Å². The van der Waals surface area contributed by atoms with Gasteiger partial charge >= 0.3 is 6.11 Å². The van der Waals surface area contributed by atoms with E-state index in [1.165, 1.54) is 12.1 Å². The lowest BCUT2D eigenvalue weighted by molar-refractivity contribution is -0.208. The van der Waals surface area contributed by atoms with Crippen LogP contribution >= 0.6 is 0 Å². The van der Waals surface area contributed by atoms with Gasteiger partial charge in [-0.05, 0) is 19.1 Å². The van der Waals surface area contributed by atoms with Crippen molar-refractivity contribution < 1.29 is 31.2 Å². The average Bonchev–Trinajstić information content (AvgIpc) is 2.17. The summed E-state index contributed by atoms with van der Waals surface area (Å²) >= 11 is 0. The van der Waals surface area contributed by atoms with Crippen LogP contribution in [-0.2, 0) is 10.1 Å². The van der Waals surface area contributed by atoms with Gasteiger partial charge in [-0.15, -0.1) is 0 Å². The quantitative estimate of drug-likeness (QED) is 0.805. The summed E-state index contributed by atoms with van der Waals surface area (Å²) in [6.45, 7) is -0.166. The maximum atomic E-state index is 10.6. The lowest BCUT2D eigenvalue weighted by atomic mass is 10.2. The predicted molar refractivity (Wildman–Crippen MR) is 54.1 cm³/mol. The van der Waals surface area contributed by atoms with Crippen molar-refractivity contribution in [1.82, 2.24) is 0 Å². The first kappa shape index (κ1) is 15.9. The molecule has 0 aliphatic rings. The molecule has 0 saturated carbocycles. The van der Waals surface area contributed by atoms with Gasteiger partial charge in [-0.25, -0.2) is 4.39 Å². The van der Waals surface area contributed by atoms with Gasteiger partial charge in [0.15, 0.2) is 6.67 Å². The molecule has 0 aliphatic carbocycles. The molecule has 4 nitrogen and oxygen atoms in total. The molecule has 1 aromatic rings. The van der Waals surface area contributed by atoms with Crippen LogP contribution in [0.1, 0.15) is 5.56 Å². The smallest absolute Gasteiger partial charge is 0.334 e. The highest BCUT2D eigenvalue weighted by atomic mass is 32.2. The first-order valence-electron chi connectivity index (χ1n) is 4.26. The minimum atomic E-state index is -4.12. The monoisotopic (exact) mass is 272 g/mol. The summed E-state index contributed by atoms with van der Waals surface area (Å²) in [4.78, 5) is -0.0666. The lowest BCUT2D eigenvalue weighted by Crippen LogP contribution is -2.15. The third kappa shape index (κ3) is 7.72. The Bertz CT molecular complexity index is 436. The molecule has 0 unspecified atom stereocenters. The number of aryl methyl sites for hydroxylation is 1. The van der Waals surface area contributed by atoms with E-state index >= 15 is 0 Å². The maximum absolute atomic E-state index is 10.6. The molecule has 98 valence electrons. The molecule has 8 heteroatoms. The van der Waals surface area contributed by atoms with E-state index in [4.69, 9.17) is 9.66 Å². The standard InChI is InChI=1S/C7H8O3S.C2H3F3O/c1-6-2-4-7(5-3-6)11(8,9)10;3-1-2(4,5)6/h2-5H,1H3,(H,8,9,10);6H,1H2. The van der Waals surface area contributed by atoms with Crippen LogP contribution in [-0.4, -0.2) is 30.9 Å². The zero-order valence-electron chi connectivity index (χ0n) is 8.77. The fourth-order valence-corrected chi connectivity index (χ4v) is 1.19. The second-order valence-electron chi connectivity index (χ2n) is 3.09. The number of hydrogen-bond donors (Lipinski definition) is 2. The topological polar surface area (TPSA) is 74.6 Å². The lowest BCUT2D eigenvalue weighted by Gasteiger charge is -1.97. The van der Waals surface area contributed by atoms with Crippen LogP contribution in [0, 0.1) is 6.92 Å². The molecule has 0 amide bonds. The summed E-state index contributed by atoms with van der Waals surface area (Å²) in [5, 5.41) is 7.12. The number of hydrogen-bond acceptors (Lipinski definition) is 3. The molecule has 0 atom stereocenters. The summed E-state index contributed by atoms with van der Waals surface area (Å²) < 4.78 is 61.3. The largest absolute Gasteiger partial charge is 0.381 e. The first-order chi connectivity index (χ1) is 7.56. The fraction of sp³-hybridized carbons (Fsp3) is 0.333. The van der Waals surface area contributed by atoms with Crippen molar-refractivity contribution in [3.05, 3.63) is 29.8 Å². The van der Waals surface area contributed by atoms with E-state index in [-0.39, 0.29) is 4.90 Å². The van der Waals surface area contributed by atoms with Crippen molar-refractivity contribution >= 4 is 10.1 Å². The van der Waals surface area contributed by atoms with E-state index in [2.05, 4.69) is 0 Å². The second-order valence-corrected chi connectivity index (χ2v) is 4.51. The molecule has 0 aromatic heterocycles. The van der Waals surface area contributed by atoms with Crippen molar-refractivity contribution in [2.45, 2.75) is 17.9 Å². The molecule has 0 fully saturated rings. The Hall–Kier alpha value is -1.12. The van der Waals surface area contributed by atoms with Gasteiger partial charge in [-0.3, -0.25) is 4.55 Å². The van der Waals surface area contributed by atoms with Gasteiger partial charge in [0, 0.05) is 0 Å². The van der Waals surface area contributed by atoms with Crippen LogP contribution in [0.2, 0.25) is 0 Å². The fourth-order valence-electron chi connectivity index (χ4n) is 0.710. The predicted octanol–water partition coefficient (Wildman–Crippen LogP) is 1.78. The van der Waals surface area contributed by atoms with E-state index in [0.29, 0.717) is 0 Å². The van der Waals surface area contributed by atoms with Crippen molar-refractivity contribution in [3.8, 4) is 0 Å². The van der Waals surface area contributed by atoms with E-state index in [0.717, 1.165) is 5.56 Å². The summed E-state index contributed by atoms with van der Waals surface area (Å²) in [6.07, 6.45) is -4.12. The Morgan fingerprint density at radius 1 is 1.24 bits per heavy atom. The number of alkyl halides is 3. The van der Waals surface area contributed by atoms with Gasteiger partial charge in [0.25, 0.3) is 10.1 Å². The summed E-state index contributed by atoms with van der Waals surface area (Å²) in [5.74, 6) is 0. The molecule has 17 heavy (non-hydrogen) atoms. The van der Waals surface area contributed by atoms with E-state index in [1.807, 2.05) is 6.92 Å². The second kappa shape index (κ2) is 5.99. The van der Waals surface area contributed by atoms with Gasteiger partial charge < -0.3 is 5.11 Å². The molecule has 0 aliphatic heterocycles. The molecule has 0 heterocycles. The Labute approximate surface area is 96.5 Å². The molecular formula is C9H11F3O4S. The molecule has 0 radical (unpaired) electrons. The van der Waals surface area contributed by atoms with E-state index in [9.17, 15) is 21.6 Å². The summed E-state index contributed by atoms with van der Waals surface area (Å²) in [6, 6.07) is 5.99. The molecule has 2 N–H and O–H groups in total. The van der Waals surface area contributed by atoms with Crippen LogP contribution in [0.15, 0.2) is 29.2 Å². The minimum absolute atomic E-state index is 0.0666. The zero-order valence-corrected chi connectivity index (χ0v) is 9.59. The molecule has 1 rings (SSSR count). The van der Waals surface area contributed by atoms with Gasteiger partial charge in [0.1, 0.15) is 0 Å². The van der Waals surface area contributed by atoms with Crippen LogP contribution in [0.4, 0.5) is 13.2 Å². The average molecular weight is 272 g/mol. The van der Waals surface area contributed by atoms with Crippen molar-refractivity contribution in [3.63, 3.8) is 0 Å². The van der Waals surface area contributed by atoms with Gasteiger partial charge in [-0.2, -0.15) is 17.2 Å². The Morgan fingerprint density at radius 2 is 1.59 bits per heavy atom. The van der Waals surface area contributed by atoms with Crippen molar-refractivity contribution in [2.75, 3.05) is 6.67 Å². The number of benzene rings is 1. The summed E-state index contributed by atoms with van der Waals surface area (Å²) in [7, 11) is -4.02. The zero-order chi connectivity index (χ0) is 13.7. The SMILES string of the molecule is Cc1ccc(S(=O)(=O)O)cc1.OC(F)(F)CF.